The molecule has 142 valence electrons. The number of hydrogen-bond acceptors (Lipinski definition) is 5. The molecule has 3 N–H and O–H groups in total. The summed E-state index contributed by atoms with van der Waals surface area (Å²) >= 11 is 0. The molecule has 2 aromatic heterocycles. The number of hydrogen-bond donors (Lipinski definition) is 2. The molecule has 4 rings (SSSR count). The van der Waals surface area contributed by atoms with Gasteiger partial charge < -0.3 is 15.7 Å². The number of rotatable bonds is 4. The van der Waals surface area contributed by atoms with E-state index in [1.54, 1.807) is 36.1 Å². The van der Waals surface area contributed by atoms with E-state index in [0.29, 0.717) is 24.2 Å². The van der Waals surface area contributed by atoms with Crippen LogP contribution in [-0.2, 0) is 10.4 Å². The van der Waals surface area contributed by atoms with Crippen LogP contribution in [0.3, 0.4) is 0 Å². The molecule has 0 spiro atoms. The SMILES string of the molecule is CN1CC[C@@](O)(c2cnn(-c3cccc(-c4cccc(C(N)=O)n4)c3)c2)C1=O. The fourth-order valence-electron chi connectivity index (χ4n) is 3.34. The summed E-state index contributed by atoms with van der Waals surface area (Å²) in [6.45, 7) is 0.498. The molecule has 0 unspecified atom stereocenters. The monoisotopic (exact) mass is 377 g/mol. The van der Waals surface area contributed by atoms with Crippen LogP contribution in [-0.4, -0.2) is 50.2 Å². The van der Waals surface area contributed by atoms with Gasteiger partial charge in [0.1, 0.15) is 5.69 Å². The van der Waals surface area contributed by atoms with Crippen molar-refractivity contribution in [2.24, 2.45) is 5.73 Å². The number of primary amides is 1. The first-order valence-electron chi connectivity index (χ1n) is 8.79. The van der Waals surface area contributed by atoms with E-state index in [1.807, 2.05) is 24.3 Å². The minimum Gasteiger partial charge on any atom is -0.375 e. The molecule has 1 aliphatic heterocycles. The van der Waals surface area contributed by atoms with Crippen molar-refractivity contribution in [3.63, 3.8) is 0 Å². The second-order valence-corrected chi connectivity index (χ2v) is 6.83. The Kier molecular flexibility index (Phi) is 4.20. The Morgan fingerprint density at radius 3 is 2.75 bits per heavy atom. The van der Waals surface area contributed by atoms with E-state index in [4.69, 9.17) is 5.73 Å². The lowest BCUT2D eigenvalue weighted by atomic mass is 9.95. The Labute approximate surface area is 161 Å². The average Bonchev–Trinajstić information content (AvgIpc) is 3.31. The van der Waals surface area contributed by atoms with E-state index in [-0.39, 0.29) is 11.6 Å². The van der Waals surface area contributed by atoms with Gasteiger partial charge in [0, 0.05) is 37.3 Å². The lowest BCUT2D eigenvalue weighted by Crippen LogP contribution is -2.35. The van der Waals surface area contributed by atoms with E-state index in [9.17, 15) is 14.7 Å². The normalized spacial score (nSPS) is 19.2. The maximum Gasteiger partial charge on any atom is 0.267 e. The van der Waals surface area contributed by atoms with Crippen LogP contribution >= 0.6 is 0 Å². The highest BCUT2D eigenvalue weighted by molar-refractivity contribution is 5.91. The summed E-state index contributed by atoms with van der Waals surface area (Å²) in [5, 5.41) is 15.1. The molecule has 1 saturated heterocycles. The number of likely N-dealkylation sites (tertiary alicyclic amines) is 1. The number of amides is 2. The van der Waals surface area contributed by atoms with Crippen molar-refractivity contribution in [2.45, 2.75) is 12.0 Å². The summed E-state index contributed by atoms with van der Waals surface area (Å²) in [5.41, 5.74) is 6.54. The predicted molar refractivity (Wildman–Crippen MR) is 101 cm³/mol. The largest absolute Gasteiger partial charge is 0.375 e. The van der Waals surface area contributed by atoms with Gasteiger partial charge in [0.2, 0.25) is 0 Å². The smallest absolute Gasteiger partial charge is 0.267 e. The maximum atomic E-state index is 12.3. The van der Waals surface area contributed by atoms with Crippen LogP contribution in [0.25, 0.3) is 16.9 Å². The second kappa shape index (κ2) is 6.58. The van der Waals surface area contributed by atoms with Gasteiger partial charge in [-0.15, -0.1) is 0 Å². The van der Waals surface area contributed by atoms with Crippen LogP contribution in [0.4, 0.5) is 0 Å². The third kappa shape index (κ3) is 2.93. The first-order valence-corrected chi connectivity index (χ1v) is 8.79. The third-order valence-electron chi connectivity index (χ3n) is 4.98. The number of benzene rings is 1. The van der Waals surface area contributed by atoms with Gasteiger partial charge in [0.15, 0.2) is 5.60 Å². The van der Waals surface area contributed by atoms with Crippen molar-refractivity contribution in [3.8, 4) is 16.9 Å². The zero-order valence-corrected chi connectivity index (χ0v) is 15.2. The van der Waals surface area contributed by atoms with Crippen LogP contribution < -0.4 is 5.73 Å². The molecule has 0 bridgehead atoms. The molecule has 1 aliphatic rings. The van der Waals surface area contributed by atoms with Gasteiger partial charge in [-0.3, -0.25) is 9.59 Å². The van der Waals surface area contributed by atoms with E-state index < -0.39 is 11.5 Å². The Balaban J connectivity index is 1.68. The van der Waals surface area contributed by atoms with Gasteiger partial charge in [0.05, 0.1) is 17.6 Å². The zero-order chi connectivity index (χ0) is 19.9. The average molecular weight is 377 g/mol. The summed E-state index contributed by atoms with van der Waals surface area (Å²) in [6.07, 6.45) is 3.50. The van der Waals surface area contributed by atoms with Crippen LogP contribution in [0.15, 0.2) is 54.9 Å². The molecule has 0 aliphatic carbocycles. The van der Waals surface area contributed by atoms with Crippen molar-refractivity contribution in [1.82, 2.24) is 19.7 Å². The third-order valence-corrected chi connectivity index (χ3v) is 4.98. The number of aliphatic hydroxyl groups is 1. The van der Waals surface area contributed by atoms with Gasteiger partial charge in [0.25, 0.3) is 11.8 Å². The Morgan fingerprint density at radius 1 is 1.25 bits per heavy atom. The molecule has 8 heteroatoms. The molecule has 28 heavy (non-hydrogen) atoms. The highest BCUT2D eigenvalue weighted by Gasteiger charge is 2.46. The lowest BCUT2D eigenvalue weighted by molar-refractivity contribution is -0.143. The van der Waals surface area contributed by atoms with E-state index >= 15 is 0 Å². The molecule has 1 aromatic carbocycles. The van der Waals surface area contributed by atoms with Crippen LogP contribution in [0.1, 0.15) is 22.5 Å². The molecule has 1 fully saturated rings. The summed E-state index contributed by atoms with van der Waals surface area (Å²) in [7, 11) is 1.67. The quantitative estimate of drug-likeness (QED) is 0.706. The molecule has 8 nitrogen and oxygen atoms in total. The van der Waals surface area contributed by atoms with Gasteiger partial charge in [-0.1, -0.05) is 18.2 Å². The van der Waals surface area contributed by atoms with Gasteiger partial charge >= 0.3 is 0 Å². The number of nitrogens with zero attached hydrogens (tertiary/aromatic N) is 4. The first-order chi connectivity index (χ1) is 13.4. The Bertz CT molecular complexity index is 1080. The van der Waals surface area contributed by atoms with Crippen LogP contribution in [0.5, 0.6) is 0 Å². The fraction of sp³-hybridized carbons (Fsp3) is 0.200. The number of aromatic nitrogens is 3. The minimum absolute atomic E-state index is 0.190. The number of nitrogens with two attached hydrogens (primary N) is 1. The molecule has 3 aromatic rings. The maximum absolute atomic E-state index is 12.3. The highest BCUT2D eigenvalue weighted by atomic mass is 16.3. The fourth-order valence-corrected chi connectivity index (χ4v) is 3.34. The van der Waals surface area contributed by atoms with Crippen molar-refractivity contribution >= 4 is 11.8 Å². The van der Waals surface area contributed by atoms with Crippen molar-refractivity contribution < 1.29 is 14.7 Å². The summed E-state index contributed by atoms with van der Waals surface area (Å²) < 4.78 is 1.60. The topological polar surface area (TPSA) is 114 Å². The second-order valence-electron chi connectivity index (χ2n) is 6.83. The van der Waals surface area contributed by atoms with Crippen molar-refractivity contribution in [3.05, 3.63) is 66.1 Å². The molecule has 3 heterocycles. The van der Waals surface area contributed by atoms with Crippen LogP contribution in [0, 0.1) is 0 Å². The summed E-state index contributed by atoms with van der Waals surface area (Å²) in [4.78, 5) is 29.5. The number of carbonyl (C=O) groups is 2. The Morgan fingerprint density at radius 2 is 2.04 bits per heavy atom. The van der Waals surface area contributed by atoms with Gasteiger partial charge in [-0.2, -0.15) is 5.10 Å². The highest BCUT2D eigenvalue weighted by Crippen LogP contribution is 2.32. The zero-order valence-electron chi connectivity index (χ0n) is 15.2. The lowest BCUT2D eigenvalue weighted by Gasteiger charge is -2.18. The van der Waals surface area contributed by atoms with Crippen molar-refractivity contribution in [2.75, 3.05) is 13.6 Å². The van der Waals surface area contributed by atoms with Crippen molar-refractivity contribution in [1.29, 1.82) is 0 Å². The van der Waals surface area contributed by atoms with Crippen LogP contribution in [0.2, 0.25) is 0 Å². The molecule has 1 atom stereocenters. The number of carbonyl (C=O) groups excluding carboxylic acids is 2. The van der Waals surface area contributed by atoms with E-state index in [1.165, 1.54) is 11.1 Å². The van der Waals surface area contributed by atoms with E-state index in [0.717, 1.165) is 11.3 Å². The molecule has 0 saturated carbocycles. The molecule has 2 amide bonds. The molecular formula is C20H19N5O3. The molecule has 0 radical (unpaired) electrons. The predicted octanol–water partition coefficient (Wildman–Crippen LogP) is 1.08. The minimum atomic E-state index is -1.54. The number of likely N-dealkylation sites (N-methyl/N-ethyl adjacent to an activating group) is 1. The molecular weight excluding hydrogens is 358 g/mol. The van der Waals surface area contributed by atoms with E-state index in [2.05, 4.69) is 10.1 Å². The van der Waals surface area contributed by atoms with Gasteiger partial charge in [-0.25, -0.2) is 9.67 Å². The summed E-state index contributed by atoms with van der Waals surface area (Å²) in [6, 6.07) is 12.5. The summed E-state index contributed by atoms with van der Waals surface area (Å²) in [5.74, 6) is -0.914. The first kappa shape index (κ1) is 17.9. The Hall–Kier alpha value is -3.52. The standard InChI is InChI=1S/C20H19N5O3/c1-24-9-8-20(28,19(24)27)14-11-22-25(12-14)15-5-2-4-13(10-15)16-6-3-7-17(23-16)18(21)26/h2-7,10-12,28H,8-9H2,1H3,(H2,21,26)/t20-/m1/s1. The van der Waals surface area contributed by atoms with Gasteiger partial charge in [-0.05, 0) is 24.3 Å². The number of pyridine rings is 1.